The lowest BCUT2D eigenvalue weighted by Crippen LogP contribution is -2.32. The van der Waals surface area contributed by atoms with Gasteiger partial charge in [-0.1, -0.05) is 6.42 Å². The third-order valence-corrected chi connectivity index (χ3v) is 4.29. The minimum absolute atomic E-state index is 0.140. The Labute approximate surface area is 139 Å². The van der Waals surface area contributed by atoms with E-state index in [1.165, 1.54) is 6.26 Å². The molecule has 0 aliphatic heterocycles. The van der Waals surface area contributed by atoms with Crippen molar-refractivity contribution in [3.63, 3.8) is 0 Å². The monoisotopic (exact) mass is 328 g/mol. The van der Waals surface area contributed by atoms with Crippen molar-refractivity contribution >= 4 is 17.5 Å². The summed E-state index contributed by atoms with van der Waals surface area (Å²) in [5.74, 6) is -0.154. The highest BCUT2D eigenvalue weighted by atomic mass is 16.3. The first-order chi connectivity index (χ1) is 11.6. The van der Waals surface area contributed by atoms with Gasteiger partial charge in [0.2, 0.25) is 0 Å². The predicted molar refractivity (Wildman–Crippen MR) is 88.8 cm³/mol. The molecule has 126 valence electrons. The lowest BCUT2D eigenvalue weighted by molar-refractivity contribution is 0.0916. The molecule has 1 aromatic carbocycles. The van der Waals surface area contributed by atoms with Crippen LogP contribution in [0.5, 0.6) is 0 Å². The lowest BCUT2D eigenvalue weighted by Gasteiger charge is -2.15. The molecule has 2 atom stereocenters. The summed E-state index contributed by atoms with van der Waals surface area (Å²) < 4.78 is 5.02. The molecule has 3 N–H and O–H groups in total. The van der Waals surface area contributed by atoms with E-state index in [-0.39, 0.29) is 29.6 Å². The molecule has 24 heavy (non-hydrogen) atoms. The number of hydrogen-bond donors (Lipinski definition) is 3. The molecule has 1 saturated carbocycles. The Balaban J connectivity index is 1.53. The third-order valence-electron chi connectivity index (χ3n) is 4.29. The van der Waals surface area contributed by atoms with Crippen molar-refractivity contribution in [3.8, 4) is 0 Å². The van der Waals surface area contributed by atoms with E-state index in [0.717, 1.165) is 19.3 Å². The third kappa shape index (κ3) is 3.83. The first-order valence-corrected chi connectivity index (χ1v) is 8.04. The molecule has 1 heterocycles. The molecule has 0 radical (unpaired) electrons. The zero-order valence-electron chi connectivity index (χ0n) is 13.2. The zero-order valence-corrected chi connectivity index (χ0v) is 13.2. The fourth-order valence-electron chi connectivity index (χ4n) is 2.89. The van der Waals surface area contributed by atoms with Gasteiger partial charge in [0.15, 0.2) is 5.76 Å². The van der Waals surface area contributed by atoms with Gasteiger partial charge in [0.05, 0.1) is 12.4 Å². The predicted octanol–water partition coefficient (Wildman–Crippen LogP) is 2.42. The Morgan fingerprint density at radius 3 is 2.54 bits per heavy atom. The van der Waals surface area contributed by atoms with E-state index in [4.69, 9.17) is 4.42 Å². The van der Waals surface area contributed by atoms with E-state index in [0.29, 0.717) is 17.8 Å². The van der Waals surface area contributed by atoms with Crippen LogP contribution in [0.2, 0.25) is 0 Å². The Hall–Kier alpha value is -2.60. The topological polar surface area (TPSA) is 91.6 Å². The number of amides is 2. The molecule has 6 heteroatoms. The molecule has 1 fully saturated rings. The number of anilines is 1. The molecular weight excluding hydrogens is 308 g/mol. The molecule has 1 aromatic heterocycles. The van der Waals surface area contributed by atoms with Crippen LogP contribution in [0.4, 0.5) is 5.69 Å². The van der Waals surface area contributed by atoms with Gasteiger partial charge in [0.25, 0.3) is 11.8 Å². The highest BCUT2D eigenvalue weighted by Crippen LogP contribution is 2.24. The quantitative estimate of drug-likeness (QED) is 0.786. The standard InChI is InChI=1S/C18H20N2O4/c21-15-4-1-3-13(15)11-19-17(22)12-6-8-14(9-7-12)20-18(23)16-5-2-10-24-16/h2,5-10,13,15,21H,1,3-4,11H2,(H,19,22)(H,20,23). The van der Waals surface area contributed by atoms with E-state index in [9.17, 15) is 14.7 Å². The van der Waals surface area contributed by atoms with Gasteiger partial charge in [-0.3, -0.25) is 9.59 Å². The summed E-state index contributed by atoms with van der Waals surface area (Å²) in [5, 5.41) is 15.3. The van der Waals surface area contributed by atoms with E-state index in [1.807, 2.05) is 0 Å². The number of aliphatic hydroxyl groups excluding tert-OH is 1. The summed E-state index contributed by atoms with van der Waals surface area (Å²) >= 11 is 0. The number of aliphatic hydroxyl groups is 1. The number of carbonyl (C=O) groups is 2. The van der Waals surface area contributed by atoms with Crippen LogP contribution in [0.25, 0.3) is 0 Å². The van der Waals surface area contributed by atoms with Crippen molar-refractivity contribution in [2.45, 2.75) is 25.4 Å². The molecule has 1 aliphatic carbocycles. The summed E-state index contributed by atoms with van der Waals surface area (Å²) in [7, 11) is 0. The van der Waals surface area contributed by atoms with Gasteiger partial charge in [-0.05, 0) is 49.2 Å². The van der Waals surface area contributed by atoms with Crippen LogP contribution >= 0.6 is 0 Å². The smallest absolute Gasteiger partial charge is 0.291 e. The Morgan fingerprint density at radius 2 is 1.92 bits per heavy atom. The summed E-state index contributed by atoms with van der Waals surface area (Å²) in [6.07, 6.45) is 3.88. The van der Waals surface area contributed by atoms with Gasteiger partial charge < -0.3 is 20.2 Å². The van der Waals surface area contributed by atoms with Crippen molar-refractivity contribution in [2.75, 3.05) is 11.9 Å². The van der Waals surface area contributed by atoms with Gasteiger partial charge in [-0.2, -0.15) is 0 Å². The fraction of sp³-hybridized carbons (Fsp3) is 0.333. The minimum atomic E-state index is -0.340. The second-order valence-corrected chi connectivity index (χ2v) is 5.98. The normalized spacial score (nSPS) is 19.9. The summed E-state index contributed by atoms with van der Waals surface area (Å²) in [6, 6.07) is 9.86. The number of carbonyl (C=O) groups excluding carboxylic acids is 2. The average molecular weight is 328 g/mol. The molecule has 3 rings (SSSR count). The summed E-state index contributed by atoms with van der Waals surface area (Å²) in [6.45, 7) is 0.483. The molecule has 6 nitrogen and oxygen atoms in total. The maximum absolute atomic E-state index is 12.1. The molecule has 0 bridgehead atoms. The number of rotatable bonds is 5. The summed E-state index contributed by atoms with van der Waals surface area (Å²) in [4.78, 5) is 24.0. The molecule has 1 aliphatic rings. The number of nitrogens with one attached hydrogen (secondary N) is 2. The molecule has 0 saturated heterocycles. The maximum Gasteiger partial charge on any atom is 0.291 e. The molecule has 2 amide bonds. The van der Waals surface area contributed by atoms with Gasteiger partial charge in [-0.15, -0.1) is 0 Å². The molecule has 0 spiro atoms. The number of benzene rings is 1. The van der Waals surface area contributed by atoms with Crippen LogP contribution in [0.1, 0.15) is 40.2 Å². The van der Waals surface area contributed by atoms with Gasteiger partial charge in [0, 0.05) is 23.7 Å². The fourth-order valence-corrected chi connectivity index (χ4v) is 2.89. The van der Waals surface area contributed by atoms with Crippen molar-refractivity contribution in [1.29, 1.82) is 0 Å². The zero-order chi connectivity index (χ0) is 16.9. The SMILES string of the molecule is O=C(NCC1CCCC1O)c1ccc(NC(=O)c2ccco2)cc1. The van der Waals surface area contributed by atoms with E-state index in [1.54, 1.807) is 36.4 Å². The van der Waals surface area contributed by atoms with Crippen molar-refractivity contribution < 1.29 is 19.1 Å². The van der Waals surface area contributed by atoms with E-state index < -0.39 is 0 Å². The maximum atomic E-state index is 12.1. The largest absolute Gasteiger partial charge is 0.459 e. The van der Waals surface area contributed by atoms with Crippen molar-refractivity contribution in [1.82, 2.24) is 5.32 Å². The molecule has 2 unspecified atom stereocenters. The Bertz CT molecular complexity index is 694. The van der Waals surface area contributed by atoms with Crippen LogP contribution in [0.15, 0.2) is 47.1 Å². The van der Waals surface area contributed by atoms with Crippen LogP contribution in [-0.4, -0.2) is 29.6 Å². The number of furan rings is 1. The van der Waals surface area contributed by atoms with E-state index >= 15 is 0 Å². The van der Waals surface area contributed by atoms with Crippen LogP contribution in [0, 0.1) is 5.92 Å². The van der Waals surface area contributed by atoms with Crippen LogP contribution in [-0.2, 0) is 0 Å². The highest BCUT2D eigenvalue weighted by Gasteiger charge is 2.25. The highest BCUT2D eigenvalue weighted by molar-refractivity contribution is 6.02. The van der Waals surface area contributed by atoms with Crippen molar-refractivity contribution in [2.24, 2.45) is 5.92 Å². The first kappa shape index (κ1) is 16.3. The van der Waals surface area contributed by atoms with Gasteiger partial charge >= 0.3 is 0 Å². The van der Waals surface area contributed by atoms with Crippen LogP contribution < -0.4 is 10.6 Å². The second-order valence-electron chi connectivity index (χ2n) is 5.98. The first-order valence-electron chi connectivity index (χ1n) is 8.04. The molecule has 2 aromatic rings. The lowest BCUT2D eigenvalue weighted by atomic mass is 10.1. The van der Waals surface area contributed by atoms with Gasteiger partial charge in [0.1, 0.15) is 0 Å². The Morgan fingerprint density at radius 1 is 1.12 bits per heavy atom. The minimum Gasteiger partial charge on any atom is -0.459 e. The number of hydrogen-bond acceptors (Lipinski definition) is 4. The average Bonchev–Trinajstić information content (AvgIpc) is 3.25. The van der Waals surface area contributed by atoms with Crippen molar-refractivity contribution in [3.05, 3.63) is 54.0 Å². The second kappa shape index (κ2) is 7.31. The van der Waals surface area contributed by atoms with Gasteiger partial charge in [-0.25, -0.2) is 0 Å². The molecular formula is C18H20N2O4. The Kier molecular flexibility index (Phi) is 4.96. The summed E-state index contributed by atoms with van der Waals surface area (Å²) in [5.41, 5.74) is 1.10. The van der Waals surface area contributed by atoms with Crippen LogP contribution in [0.3, 0.4) is 0 Å². The van der Waals surface area contributed by atoms with E-state index in [2.05, 4.69) is 10.6 Å².